The standard InChI is InChI=1S/C16H17BrFN3/c17-15-9-13(18)4-3-12(15)10-19-14-5-6-16(20-11-14)21-7-1-2-8-21/h3-6,9,11,19H,1-2,7-8,10H2. The molecule has 21 heavy (non-hydrogen) atoms. The second-order valence-electron chi connectivity index (χ2n) is 5.19. The second kappa shape index (κ2) is 6.43. The average molecular weight is 350 g/mol. The van der Waals surface area contributed by atoms with Crippen LogP contribution in [0.25, 0.3) is 0 Å². The van der Waals surface area contributed by atoms with Gasteiger partial charge in [-0.15, -0.1) is 0 Å². The van der Waals surface area contributed by atoms with Gasteiger partial charge in [-0.2, -0.15) is 0 Å². The van der Waals surface area contributed by atoms with Crippen molar-refractivity contribution in [3.8, 4) is 0 Å². The number of anilines is 2. The number of hydrogen-bond acceptors (Lipinski definition) is 3. The molecule has 0 spiro atoms. The minimum absolute atomic E-state index is 0.234. The van der Waals surface area contributed by atoms with E-state index in [0.29, 0.717) is 6.54 Å². The van der Waals surface area contributed by atoms with Gasteiger partial charge in [-0.05, 0) is 42.7 Å². The summed E-state index contributed by atoms with van der Waals surface area (Å²) in [5.74, 6) is 0.809. The molecule has 1 aliphatic rings. The van der Waals surface area contributed by atoms with E-state index in [9.17, 15) is 4.39 Å². The van der Waals surface area contributed by atoms with Crippen LogP contribution in [-0.4, -0.2) is 18.1 Å². The van der Waals surface area contributed by atoms with Gasteiger partial charge in [0.25, 0.3) is 0 Å². The van der Waals surface area contributed by atoms with Gasteiger partial charge in [-0.25, -0.2) is 9.37 Å². The van der Waals surface area contributed by atoms with Crippen LogP contribution in [0.5, 0.6) is 0 Å². The lowest BCUT2D eigenvalue weighted by molar-refractivity contribution is 0.626. The smallest absolute Gasteiger partial charge is 0.128 e. The van der Waals surface area contributed by atoms with Crippen LogP contribution >= 0.6 is 15.9 Å². The first-order chi connectivity index (χ1) is 10.2. The van der Waals surface area contributed by atoms with E-state index in [1.165, 1.54) is 25.0 Å². The zero-order valence-electron chi connectivity index (χ0n) is 11.6. The summed E-state index contributed by atoms with van der Waals surface area (Å²) in [6, 6.07) is 8.81. The maximum atomic E-state index is 13.0. The Hall–Kier alpha value is -1.62. The SMILES string of the molecule is Fc1ccc(CNc2ccc(N3CCCC3)nc2)c(Br)c1. The third-order valence-corrected chi connectivity index (χ3v) is 4.41. The predicted octanol–water partition coefficient (Wildman–Crippen LogP) is 4.20. The van der Waals surface area contributed by atoms with Gasteiger partial charge in [-0.1, -0.05) is 22.0 Å². The summed E-state index contributed by atoms with van der Waals surface area (Å²) in [5, 5.41) is 3.31. The van der Waals surface area contributed by atoms with Crippen LogP contribution in [0.3, 0.4) is 0 Å². The molecule has 0 amide bonds. The molecule has 0 radical (unpaired) electrons. The van der Waals surface area contributed by atoms with Crippen LogP contribution < -0.4 is 10.2 Å². The van der Waals surface area contributed by atoms with Crippen LogP contribution in [0.2, 0.25) is 0 Å². The van der Waals surface area contributed by atoms with Crippen LogP contribution in [0.4, 0.5) is 15.9 Å². The van der Waals surface area contributed by atoms with Crippen LogP contribution in [0.1, 0.15) is 18.4 Å². The largest absolute Gasteiger partial charge is 0.380 e. The normalized spacial score (nSPS) is 14.5. The quantitative estimate of drug-likeness (QED) is 0.896. The van der Waals surface area contributed by atoms with E-state index >= 15 is 0 Å². The van der Waals surface area contributed by atoms with E-state index in [4.69, 9.17) is 0 Å². The lowest BCUT2D eigenvalue weighted by Crippen LogP contribution is -2.18. The monoisotopic (exact) mass is 349 g/mol. The number of aromatic nitrogens is 1. The number of pyridine rings is 1. The van der Waals surface area contributed by atoms with Gasteiger partial charge in [0.05, 0.1) is 11.9 Å². The first-order valence-corrected chi connectivity index (χ1v) is 7.90. The Balaban J connectivity index is 1.62. The number of hydrogen-bond donors (Lipinski definition) is 1. The zero-order chi connectivity index (χ0) is 14.7. The molecule has 1 aromatic carbocycles. The Labute approximate surface area is 132 Å². The molecule has 2 heterocycles. The summed E-state index contributed by atoms with van der Waals surface area (Å²) >= 11 is 3.37. The molecule has 2 aromatic rings. The van der Waals surface area contributed by atoms with Crippen molar-refractivity contribution in [3.05, 3.63) is 52.4 Å². The van der Waals surface area contributed by atoms with Crippen molar-refractivity contribution in [1.29, 1.82) is 0 Å². The van der Waals surface area contributed by atoms with E-state index in [0.717, 1.165) is 34.6 Å². The average Bonchev–Trinajstić information content (AvgIpc) is 3.01. The van der Waals surface area contributed by atoms with Crippen molar-refractivity contribution in [1.82, 2.24) is 4.98 Å². The first kappa shape index (κ1) is 14.3. The van der Waals surface area contributed by atoms with Crippen molar-refractivity contribution in [2.24, 2.45) is 0 Å². The summed E-state index contributed by atoms with van der Waals surface area (Å²) < 4.78 is 13.8. The molecule has 1 N–H and O–H groups in total. The molecule has 1 aromatic heterocycles. The van der Waals surface area contributed by atoms with Gasteiger partial charge >= 0.3 is 0 Å². The van der Waals surface area contributed by atoms with Crippen molar-refractivity contribution in [3.63, 3.8) is 0 Å². The Morgan fingerprint density at radius 3 is 2.67 bits per heavy atom. The minimum Gasteiger partial charge on any atom is -0.380 e. The molecule has 1 saturated heterocycles. The fraction of sp³-hybridized carbons (Fsp3) is 0.312. The van der Waals surface area contributed by atoms with Crippen molar-refractivity contribution < 1.29 is 4.39 Å². The van der Waals surface area contributed by atoms with Gasteiger partial charge in [-0.3, -0.25) is 0 Å². The van der Waals surface area contributed by atoms with Gasteiger partial charge < -0.3 is 10.2 Å². The van der Waals surface area contributed by atoms with Gasteiger partial charge in [0.15, 0.2) is 0 Å². The first-order valence-electron chi connectivity index (χ1n) is 7.11. The van der Waals surface area contributed by atoms with E-state index in [1.54, 1.807) is 6.07 Å². The van der Waals surface area contributed by atoms with Gasteiger partial charge in [0, 0.05) is 24.1 Å². The lowest BCUT2D eigenvalue weighted by atomic mass is 10.2. The van der Waals surface area contributed by atoms with Crippen LogP contribution in [-0.2, 0) is 6.54 Å². The van der Waals surface area contributed by atoms with Crippen LogP contribution in [0.15, 0.2) is 41.0 Å². The van der Waals surface area contributed by atoms with Gasteiger partial charge in [0.1, 0.15) is 11.6 Å². The number of halogens is 2. The third-order valence-electron chi connectivity index (χ3n) is 3.68. The molecule has 1 fully saturated rings. The molecule has 110 valence electrons. The molecule has 0 bridgehead atoms. The highest BCUT2D eigenvalue weighted by atomic mass is 79.9. The van der Waals surface area contributed by atoms with Crippen LogP contribution in [0, 0.1) is 5.82 Å². The Kier molecular flexibility index (Phi) is 4.39. The topological polar surface area (TPSA) is 28.2 Å². The van der Waals surface area contributed by atoms with E-state index in [1.807, 2.05) is 18.3 Å². The highest BCUT2D eigenvalue weighted by molar-refractivity contribution is 9.10. The molecule has 3 nitrogen and oxygen atoms in total. The van der Waals surface area contributed by atoms with E-state index in [-0.39, 0.29) is 5.82 Å². The number of benzene rings is 1. The summed E-state index contributed by atoms with van der Waals surface area (Å²) in [4.78, 5) is 6.81. The summed E-state index contributed by atoms with van der Waals surface area (Å²) in [5.41, 5.74) is 1.98. The molecule has 0 atom stereocenters. The van der Waals surface area contributed by atoms with Crippen molar-refractivity contribution >= 4 is 27.4 Å². The zero-order valence-corrected chi connectivity index (χ0v) is 13.2. The number of rotatable bonds is 4. The summed E-state index contributed by atoms with van der Waals surface area (Å²) in [6.07, 6.45) is 4.35. The Morgan fingerprint density at radius 1 is 1.19 bits per heavy atom. The Morgan fingerprint density at radius 2 is 2.00 bits per heavy atom. The lowest BCUT2D eigenvalue weighted by Gasteiger charge is -2.16. The van der Waals surface area contributed by atoms with E-state index in [2.05, 4.69) is 31.1 Å². The van der Waals surface area contributed by atoms with Crippen molar-refractivity contribution in [2.75, 3.05) is 23.3 Å². The summed E-state index contributed by atoms with van der Waals surface area (Å²) in [6.45, 7) is 2.83. The molecular weight excluding hydrogens is 333 g/mol. The highest BCUT2D eigenvalue weighted by Crippen LogP contribution is 2.21. The molecule has 0 unspecified atom stereocenters. The Bertz CT molecular complexity index is 609. The highest BCUT2D eigenvalue weighted by Gasteiger charge is 2.12. The molecule has 3 rings (SSSR count). The second-order valence-corrected chi connectivity index (χ2v) is 6.04. The maximum absolute atomic E-state index is 13.0. The fourth-order valence-electron chi connectivity index (χ4n) is 2.49. The molecular formula is C16H17BrFN3. The maximum Gasteiger partial charge on any atom is 0.128 e. The molecule has 5 heteroatoms. The molecule has 0 saturated carbocycles. The minimum atomic E-state index is -0.234. The van der Waals surface area contributed by atoms with Gasteiger partial charge in [0.2, 0.25) is 0 Å². The predicted molar refractivity (Wildman–Crippen MR) is 87.1 cm³/mol. The van der Waals surface area contributed by atoms with E-state index < -0.39 is 0 Å². The molecule has 0 aliphatic carbocycles. The van der Waals surface area contributed by atoms with Crippen molar-refractivity contribution in [2.45, 2.75) is 19.4 Å². The number of nitrogens with zero attached hydrogens (tertiary/aromatic N) is 2. The summed E-state index contributed by atoms with van der Waals surface area (Å²) in [7, 11) is 0. The number of nitrogens with one attached hydrogen (secondary N) is 1. The third kappa shape index (κ3) is 3.53. The molecule has 1 aliphatic heterocycles. The fourth-order valence-corrected chi connectivity index (χ4v) is 2.98.